The van der Waals surface area contributed by atoms with E-state index in [-0.39, 0.29) is 6.10 Å². The zero-order valence-corrected chi connectivity index (χ0v) is 12.3. The van der Waals surface area contributed by atoms with Crippen LogP contribution < -0.4 is 0 Å². The zero-order valence-electron chi connectivity index (χ0n) is 10.7. The third kappa shape index (κ3) is 2.61. The highest BCUT2D eigenvalue weighted by molar-refractivity contribution is 9.10. The molecule has 20 heavy (non-hydrogen) atoms. The van der Waals surface area contributed by atoms with Crippen LogP contribution in [0.15, 0.2) is 64.1 Å². The van der Waals surface area contributed by atoms with Gasteiger partial charge in [-0.15, -0.1) is 0 Å². The van der Waals surface area contributed by atoms with Crippen molar-refractivity contribution >= 4 is 21.8 Å². The summed E-state index contributed by atoms with van der Waals surface area (Å²) < 4.78 is 20.1. The van der Waals surface area contributed by atoms with Crippen LogP contribution in [0.25, 0.3) is 0 Å². The Bertz CT molecular complexity index is 612. The summed E-state index contributed by atoms with van der Waals surface area (Å²) in [6, 6.07) is 16.8. The molecule has 4 heteroatoms. The van der Waals surface area contributed by atoms with Gasteiger partial charge in [0.2, 0.25) is 5.90 Å². The number of hydrogen-bond acceptors (Lipinski definition) is 2. The van der Waals surface area contributed by atoms with Gasteiger partial charge in [-0.3, -0.25) is 0 Å². The van der Waals surface area contributed by atoms with Crippen molar-refractivity contribution in [1.82, 2.24) is 0 Å². The van der Waals surface area contributed by atoms with E-state index >= 15 is 0 Å². The summed E-state index contributed by atoms with van der Waals surface area (Å²) in [5.74, 6) is 0.515. The summed E-state index contributed by atoms with van der Waals surface area (Å²) in [5, 5.41) is 0. The van der Waals surface area contributed by atoms with Crippen LogP contribution in [-0.2, 0) is 4.74 Å². The highest BCUT2D eigenvalue weighted by Gasteiger charge is 2.32. The lowest BCUT2D eigenvalue weighted by molar-refractivity contribution is 0.181. The van der Waals surface area contributed by atoms with E-state index in [2.05, 4.69) is 20.9 Å². The maximum Gasteiger partial charge on any atom is 0.217 e. The fourth-order valence-corrected chi connectivity index (χ4v) is 2.49. The molecule has 1 heterocycles. The van der Waals surface area contributed by atoms with Crippen molar-refractivity contribution in [3.05, 3.63) is 70.2 Å². The number of halogens is 2. The first-order valence-electron chi connectivity index (χ1n) is 6.39. The number of hydrogen-bond donors (Lipinski definition) is 0. The summed E-state index contributed by atoms with van der Waals surface area (Å²) in [4.78, 5) is 4.36. The van der Waals surface area contributed by atoms with Gasteiger partial charge < -0.3 is 4.74 Å². The molecule has 0 fully saturated rings. The lowest BCUT2D eigenvalue weighted by Gasteiger charge is -2.16. The molecule has 0 aliphatic carbocycles. The van der Waals surface area contributed by atoms with Crippen LogP contribution in [0.5, 0.6) is 0 Å². The molecule has 3 rings (SSSR count). The molecule has 0 amide bonds. The first kappa shape index (κ1) is 13.3. The van der Waals surface area contributed by atoms with Crippen LogP contribution in [0.4, 0.5) is 4.39 Å². The number of benzene rings is 2. The third-order valence-corrected chi connectivity index (χ3v) is 3.78. The number of ether oxygens (including phenoxy) is 1. The molecular weight excluding hydrogens is 321 g/mol. The quantitative estimate of drug-likeness (QED) is 0.820. The zero-order chi connectivity index (χ0) is 13.9. The van der Waals surface area contributed by atoms with Crippen LogP contribution >= 0.6 is 15.9 Å². The fourth-order valence-electron chi connectivity index (χ4n) is 2.23. The predicted octanol–water partition coefficient (Wildman–Crippen LogP) is 4.31. The standard InChI is InChI=1S/C16H13BrFNO/c17-13-8-6-11(7-9-13)15-14(10-18)19-16(20-15)12-4-2-1-3-5-12/h1-9,14-15H,10H2. The second-order valence-corrected chi connectivity index (χ2v) is 5.53. The van der Waals surface area contributed by atoms with E-state index in [0.29, 0.717) is 5.90 Å². The van der Waals surface area contributed by atoms with Gasteiger partial charge in [0, 0.05) is 10.0 Å². The summed E-state index contributed by atoms with van der Waals surface area (Å²) in [5.41, 5.74) is 1.82. The Labute approximate surface area is 125 Å². The van der Waals surface area contributed by atoms with Crippen LogP contribution in [0.1, 0.15) is 17.2 Å². The molecule has 1 aliphatic rings. The van der Waals surface area contributed by atoms with Gasteiger partial charge in [-0.05, 0) is 29.8 Å². The minimum atomic E-state index is -0.531. The van der Waals surface area contributed by atoms with Gasteiger partial charge >= 0.3 is 0 Å². The molecule has 0 saturated heterocycles. The van der Waals surface area contributed by atoms with Crippen molar-refractivity contribution in [2.24, 2.45) is 4.99 Å². The summed E-state index contributed by atoms with van der Waals surface area (Å²) in [6.45, 7) is -0.531. The number of rotatable bonds is 3. The highest BCUT2D eigenvalue weighted by Crippen LogP contribution is 2.32. The normalized spacial score (nSPS) is 21.4. The summed E-state index contributed by atoms with van der Waals surface area (Å²) in [6.07, 6.45) is -0.358. The lowest BCUT2D eigenvalue weighted by atomic mass is 10.0. The van der Waals surface area contributed by atoms with Gasteiger partial charge in [-0.25, -0.2) is 9.38 Å². The lowest BCUT2D eigenvalue weighted by Crippen LogP contribution is -2.16. The van der Waals surface area contributed by atoms with Crippen molar-refractivity contribution in [2.75, 3.05) is 6.67 Å². The molecule has 2 atom stereocenters. The molecule has 2 unspecified atom stereocenters. The molecule has 102 valence electrons. The first-order chi connectivity index (χ1) is 9.78. The van der Waals surface area contributed by atoms with Crippen molar-refractivity contribution in [3.8, 4) is 0 Å². The largest absolute Gasteiger partial charge is 0.467 e. The molecular formula is C16H13BrFNO. The average Bonchev–Trinajstić information content (AvgIpc) is 2.93. The molecule has 0 radical (unpaired) electrons. The number of alkyl halides is 1. The first-order valence-corrected chi connectivity index (χ1v) is 7.18. The van der Waals surface area contributed by atoms with Gasteiger partial charge in [0.15, 0.2) is 6.10 Å². The van der Waals surface area contributed by atoms with Crippen molar-refractivity contribution in [2.45, 2.75) is 12.1 Å². The molecule has 0 N–H and O–H groups in total. The van der Waals surface area contributed by atoms with E-state index < -0.39 is 12.7 Å². The second kappa shape index (κ2) is 5.75. The van der Waals surface area contributed by atoms with Crippen LogP contribution in [-0.4, -0.2) is 18.6 Å². The van der Waals surface area contributed by atoms with Gasteiger partial charge in [0.25, 0.3) is 0 Å². The molecule has 0 spiro atoms. The van der Waals surface area contributed by atoms with Crippen LogP contribution in [0.2, 0.25) is 0 Å². The van der Waals surface area contributed by atoms with Crippen LogP contribution in [0.3, 0.4) is 0 Å². The Kier molecular flexibility index (Phi) is 3.83. The minimum absolute atomic E-state index is 0.358. The molecule has 0 saturated carbocycles. The van der Waals surface area contributed by atoms with E-state index in [1.807, 2.05) is 54.6 Å². The molecule has 1 aliphatic heterocycles. The Morgan fingerprint density at radius 1 is 1.05 bits per heavy atom. The number of aliphatic imine (C=N–C) groups is 1. The summed E-state index contributed by atoms with van der Waals surface area (Å²) in [7, 11) is 0. The van der Waals surface area contributed by atoms with Crippen molar-refractivity contribution in [1.29, 1.82) is 0 Å². The SMILES string of the molecule is FCC1N=C(c2ccccc2)OC1c1ccc(Br)cc1. The topological polar surface area (TPSA) is 21.6 Å². The number of nitrogens with zero attached hydrogens (tertiary/aromatic N) is 1. The molecule has 2 aromatic carbocycles. The predicted molar refractivity (Wildman–Crippen MR) is 80.7 cm³/mol. The van der Waals surface area contributed by atoms with E-state index in [0.717, 1.165) is 15.6 Å². The smallest absolute Gasteiger partial charge is 0.217 e. The van der Waals surface area contributed by atoms with Gasteiger partial charge in [0.1, 0.15) is 12.7 Å². The molecule has 2 nitrogen and oxygen atoms in total. The molecule has 2 aromatic rings. The second-order valence-electron chi connectivity index (χ2n) is 4.61. The maximum atomic E-state index is 13.2. The summed E-state index contributed by atoms with van der Waals surface area (Å²) >= 11 is 3.39. The van der Waals surface area contributed by atoms with Gasteiger partial charge in [0.05, 0.1) is 0 Å². The Morgan fingerprint density at radius 2 is 1.75 bits per heavy atom. The van der Waals surface area contributed by atoms with E-state index in [1.54, 1.807) is 0 Å². The van der Waals surface area contributed by atoms with Crippen LogP contribution in [0, 0.1) is 0 Å². The fraction of sp³-hybridized carbons (Fsp3) is 0.188. The highest BCUT2D eigenvalue weighted by atomic mass is 79.9. The van der Waals surface area contributed by atoms with Crippen molar-refractivity contribution < 1.29 is 9.13 Å². The third-order valence-electron chi connectivity index (χ3n) is 3.25. The Morgan fingerprint density at radius 3 is 2.40 bits per heavy atom. The monoisotopic (exact) mass is 333 g/mol. The van der Waals surface area contributed by atoms with E-state index in [4.69, 9.17) is 4.74 Å². The Hall–Kier alpha value is -1.68. The average molecular weight is 334 g/mol. The van der Waals surface area contributed by atoms with E-state index in [1.165, 1.54) is 0 Å². The van der Waals surface area contributed by atoms with E-state index in [9.17, 15) is 4.39 Å². The molecule has 0 bridgehead atoms. The molecule has 0 aromatic heterocycles. The van der Waals surface area contributed by atoms with Crippen molar-refractivity contribution in [3.63, 3.8) is 0 Å². The minimum Gasteiger partial charge on any atom is -0.467 e. The van der Waals surface area contributed by atoms with Gasteiger partial charge in [-0.2, -0.15) is 0 Å². The Balaban J connectivity index is 1.87. The maximum absolute atomic E-state index is 13.2. The van der Waals surface area contributed by atoms with Gasteiger partial charge in [-0.1, -0.05) is 46.3 Å².